The van der Waals surface area contributed by atoms with Gasteiger partial charge in [-0.05, 0) is 22.0 Å². The minimum atomic E-state index is -1.25. The van der Waals surface area contributed by atoms with Gasteiger partial charge in [0.15, 0.2) is 0 Å². The molecule has 5 nitrogen and oxygen atoms in total. The van der Waals surface area contributed by atoms with Gasteiger partial charge >= 0.3 is 5.97 Å². The molecule has 1 aromatic rings. The van der Waals surface area contributed by atoms with Crippen LogP contribution in [0.4, 0.5) is 5.69 Å². The van der Waals surface area contributed by atoms with Gasteiger partial charge in [-0.2, -0.15) is 0 Å². The lowest BCUT2D eigenvalue weighted by Crippen LogP contribution is -2.00. The minimum Gasteiger partial charge on any atom is -0.478 e. The van der Waals surface area contributed by atoms with Gasteiger partial charge in [0.05, 0.1) is 10.5 Å². The topological polar surface area (TPSA) is 80.4 Å². The molecular formula is C7H3BrClNO4. The van der Waals surface area contributed by atoms with E-state index in [9.17, 15) is 14.9 Å². The summed E-state index contributed by atoms with van der Waals surface area (Å²) in [4.78, 5) is 20.3. The normalized spacial score (nSPS) is 9.86. The fourth-order valence-corrected chi connectivity index (χ4v) is 1.72. The molecule has 74 valence electrons. The first kappa shape index (κ1) is 10.9. The van der Waals surface area contributed by atoms with Crippen LogP contribution in [-0.4, -0.2) is 16.0 Å². The van der Waals surface area contributed by atoms with Crippen LogP contribution in [0.1, 0.15) is 10.4 Å². The summed E-state index contributed by atoms with van der Waals surface area (Å²) >= 11 is 8.48. The van der Waals surface area contributed by atoms with E-state index in [0.29, 0.717) is 0 Å². The zero-order valence-corrected chi connectivity index (χ0v) is 8.87. The van der Waals surface area contributed by atoms with Crippen molar-refractivity contribution in [2.24, 2.45) is 0 Å². The second-order valence-corrected chi connectivity index (χ2v) is 3.61. The van der Waals surface area contributed by atoms with Gasteiger partial charge in [0, 0.05) is 10.5 Å². The van der Waals surface area contributed by atoms with E-state index in [-0.39, 0.29) is 15.1 Å². The molecule has 0 aliphatic heterocycles. The Balaban J connectivity index is 3.42. The second-order valence-electron chi connectivity index (χ2n) is 2.35. The minimum absolute atomic E-state index is 0.105. The van der Waals surface area contributed by atoms with Crippen molar-refractivity contribution in [2.75, 3.05) is 0 Å². The van der Waals surface area contributed by atoms with Crippen LogP contribution in [0, 0.1) is 10.1 Å². The number of aromatic carboxylic acids is 1. The van der Waals surface area contributed by atoms with E-state index < -0.39 is 16.6 Å². The fraction of sp³-hybridized carbons (Fsp3) is 0. The fourth-order valence-electron chi connectivity index (χ4n) is 0.841. The molecule has 0 spiro atoms. The highest BCUT2D eigenvalue weighted by Crippen LogP contribution is 2.30. The van der Waals surface area contributed by atoms with Crippen LogP contribution < -0.4 is 0 Å². The number of nitro groups is 1. The Bertz CT molecular complexity index is 385. The Labute approximate surface area is 91.6 Å². The highest BCUT2D eigenvalue weighted by Gasteiger charge is 2.19. The second kappa shape index (κ2) is 3.93. The molecule has 0 radical (unpaired) electrons. The summed E-state index contributed by atoms with van der Waals surface area (Å²) in [6.45, 7) is 0. The first-order valence-corrected chi connectivity index (χ1v) is 4.47. The maximum absolute atomic E-state index is 10.6. The van der Waals surface area contributed by atoms with E-state index in [0.717, 1.165) is 6.07 Å². The van der Waals surface area contributed by atoms with Crippen LogP contribution in [-0.2, 0) is 0 Å². The molecule has 0 unspecified atom stereocenters. The average Bonchev–Trinajstić information content (AvgIpc) is 2.02. The van der Waals surface area contributed by atoms with Crippen molar-refractivity contribution in [3.05, 3.63) is 37.3 Å². The Hall–Kier alpha value is -1.14. The quantitative estimate of drug-likeness (QED) is 0.667. The Kier molecular flexibility index (Phi) is 3.07. The molecule has 1 N–H and O–H groups in total. The SMILES string of the molecule is O=C(O)c1cc([N+](=O)[O-])c(Cl)cc1Br. The lowest BCUT2D eigenvalue weighted by Gasteiger charge is -2.00. The molecule has 14 heavy (non-hydrogen) atoms. The molecule has 0 heterocycles. The van der Waals surface area contributed by atoms with E-state index >= 15 is 0 Å². The number of nitrogens with zero attached hydrogens (tertiary/aromatic N) is 1. The molecule has 0 saturated carbocycles. The zero-order chi connectivity index (χ0) is 10.9. The highest BCUT2D eigenvalue weighted by atomic mass is 79.9. The number of carboxylic acids is 1. The van der Waals surface area contributed by atoms with Crippen LogP contribution in [0.3, 0.4) is 0 Å². The van der Waals surface area contributed by atoms with Gasteiger partial charge in [0.2, 0.25) is 0 Å². The third-order valence-corrected chi connectivity index (χ3v) is 2.42. The van der Waals surface area contributed by atoms with Crippen LogP contribution in [0.2, 0.25) is 5.02 Å². The largest absolute Gasteiger partial charge is 0.478 e. The van der Waals surface area contributed by atoms with Crippen molar-refractivity contribution < 1.29 is 14.8 Å². The van der Waals surface area contributed by atoms with Gasteiger partial charge in [0.25, 0.3) is 5.69 Å². The summed E-state index contributed by atoms with van der Waals surface area (Å²) in [6, 6.07) is 2.10. The smallest absolute Gasteiger partial charge is 0.337 e. The van der Waals surface area contributed by atoms with Crippen molar-refractivity contribution in [3.8, 4) is 0 Å². The number of rotatable bonds is 2. The Morgan fingerprint density at radius 1 is 1.57 bits per heavy atom. The van der Waals surface area contributed by atoms with E-state index in [2.05, 4.69) is 15.9 Å². The first-order valence-electron chi connectivity index (χ1n) is 3.30. The molecule has 0 aliphatic carbocycles. The van der Waals surface area contributed by atoms with Crippen molar-refractivity contribution in [1.82, 2.24) is 0 Å². The summed E-state index contributed by atoms with van der Waals surface area (Å²) in [6.07, 6.45) is 0. The zero-order valence-electron chi connectivity index (χ0n) is 6.53. The number of hydrogen-bond acceptors (Lipinski definition) is 3. The van der Waals surface area contributed by atoms with Crippen LogP contribution in [0.25, 0.3) is 0 Å². The van der Waals surface area contributed by atoms with Gasteiger partial charge in [0.1, 0.15) is 5.02 Å². The van der Waals surface area contributed by atoms with Crippen molar-refractivity contribution in [1.29, 1.82) is 0 Å². The molecule has 1 aromatic carbocycles. The summed E-state index contributed by atoms with van der Waals surface area (Å²) in [7, 11) is 0. The van der Waals surface area contributed by atoms with E-state index in [4.69, 9.17) is 16.7 Å². The van der Waals surface area contributed by atoms with Crippen LogP contribution >= 0.6 is 27.5 Å². The molecule has 0 atom stereocenters. The van der Waals surface area contributed by atoms with Gasteiger partial charge < -0.3 is 5.11 Å². The predicted octanol–water partition coefficient (Wildman–Crippen LogP) is 2.71. The molecule has 7 heteroatoms. The number of carbonyl (C=O) groups is 1. The number of halogens is 2. The maximum Gasteiger partial charge on any atom is 0.337 e. The van der Waals surface area contributed by atoms with Gasteiger partial charge in [-0.1, -0.05) is 11.6 Å². The molecule has 0 aromatic heterocycles. The monoisotopic (exact) mass is 279 g/mol. The summed E-state index contributed by atoms with van der Waals surface area (Å²) in [5, 5.41) is 19.0. The van der Waals surface area contributed by atoms with Gasteiger partial charge in [-0.25, -0.2) is 4.79 Å². The summed E-state index contributed by atoms with van der Waals surface area (Å²) < 4.78 is 0.209. The lowest BCUT2D eigenvalue weighted by atomic mass is 10.2. The van der Waals surface area contributed by atoms with Crippen molar-refractivity contribution >= 4 is 39.2 Å². The van der Waals surface area contributed by atoms with E-state index in [1.807, 2.05) is 0 Å². The lowest BCUT2D eigenvalue weighted by molar-refractivity contribution is -0.384. The van der Waals surface area contributed by atoms with E-state index in [1.54, 1.807) is 0 Å². The van der Waals surface area contributed by atoms with Gasteiger partial charge in [-0.3, -0.25) is 10.1 Å². The van der Waals surface area contributed by atoms with E-state index in [1.165, 1.54) is 6.07 Å². The molecule has 0 aliphatic rings. The third-order valence-electron chi connectivity index (χ3n) is 1.46. The molecule has 0 saturated heterocycles. The Morgan fingerprint density at radius 3 is 2.57 bits per heavy atom. The average molecular weight is 280 g/mol. The number of nitro benzene ring substituents is 1. The highest BCUT2D eigenvalue weighted by molar-refractivity contribution is 9.10. The standard InChI is InChI=1S/C7H3BrClNO4/c8-4-2-5(9)6(10(13)14)1-3(4)7(11)12/h1-2H,(H,11,12). The number of hydrogen-bond donors (Lipinski definition) is 1. The van der Waals surface area contributed by atoms with Gasteiger partial charge in [-0.15, -0.1) is 0 Å². The molecular weight excluding hydrogens is 277 g/mol. The first-order chi connectivity index (χ1) is 6.43. The summed E-state index contributed by atoms with van der Waals surface area (Å²) in [5.74, 6) is -1.25. The van der Waals surface area contributed by atoms with Crippen LogP contribution in [0.15, 0.2) is 16.6 Å². The predicted molar refractivity (Wildman–Crippen MR) is 52.8 cm³/mol. The van der Waals surface area contributed by atoms with Crippen molar-refractivity contribution in [2.45, 2.75) is 0 Å². The third kappa shape index (κ3) is 2.02. The number of carboxylic acid groups (broad SMARTS) is 1. The summed E-state index contributed by atoms with van der Waals surface area (Å²) in [5.41, 5.74) is -0.617. The molecule has 0 fully saturated rings. The Morgan fingerprint density at radius 2 is 2.14 bits per heavy atom. The van der Waals surface area contributed by atoms with Crippen LogP contribution in [0.5, 0.6) is 0 Å². The number of benzene rings is 1. The molecule has 0 bridgehead atoms. The maximum atomic E-state index is 10.6. The molecule has 0 amide bonds. The molecule has 1 rings (SSSR count). The van der Waals surface area contributed by atoms with Crippen molar-refractivity contribution in [3.63, 3.8) is 0 Å².